The van der Waals surface area contributed by atoms with Gasteiger partial charge < -0.3 is 33.4 Å². The molecule has 2 amide bonds. The topological polar surface area (TPSA) is 97.6 Å². The van der Waals surface area contributed by atoms with Crippen molar-refractivity contribution in [2.24, 2.45) is 0 Å². The van der Waals surface area contributed by atoms with E-state index in [0.717, 1.165) is 19.6 Å². The first kappa shape index (κ1) is 25.5. The van der Waals surface area contributed by atoms with Gasteiger partial charge in [-0.3, -0.25) is 9.59 Å². The SMILES string of the molecule is CCN1CCN(C(=O)CCN(CCOC)C(=O)c2cc(-c3cc(OC)ccc3OC)on2)CC1. The Kier molecular flexibility index (Phi) is 9.29. The number of aromatic nitrogens is 1. The summed E-state index contributed by atoms with van der Waals surface area (Å²) >= 11 is 0. The maximum absolute atomic E-state index is 13.2. The van der Waals surface area contributed by atoms with Gasteiger partial charge in [-0.15, -0.1) is 0 Å². The third-order valence-electron chi connectivity index (χ3n) is 6.02. The highest BCUT2D eigenvalue weighted by Crippen LogP contribution is 2.33. The molecule has 0 unspecified atom stereocenters. The summed E-state index contributed by atoms with van der Waals surface area (Å²) in [5.41, 5.74) is 0.776. The van der Waals surface area contributed by atoms with E-state index < -0.39 is 0 Å². The van der Waals surface area contributed by atoms with E-state index in [0.29, 0.717) is 49.1 Å². The van der Waals surface area contributed by atoms with E-state index in [4.69, 9.17) is 18.7 Å². The number of rotatable bonds is 11. The van der Waals surface area contributed by atoms with Crippen molar-refractivity contribution in [2.45, 2.75) is 13.3 Å². The number of hydrogen-bond acceptors (Lipinski definition) is 8. The molecule has 0 saturated carbocycles. The zero-order valence-electron chi connectivity index (χ0n) is 20.4. The van der Waals surface area contributed by atoms with Gasteiger partial charge >= 0.3 is 0 Å². The molecule has 10 nitrogen and oxygen atoms in total. The molecule has 10 heteroatoms. The molecule has 0 N–H and O–H groups in total. The molecule has 1 saturated heterocycles. The molecular formula is C24H34N4O6. The molecule has 3 rings (SSSR count). The van der Waals surface area contributed by atoms with Gasteiger partial charge in [0.1, 0.15) is 11.5 Å². The summed E-state index contributed by atoms with van der Waals surface area (Å²) in [6, 6.07) is 6.86. The van der Waals surface area contributed by atoms with E-state index >= 15 is 0 Å². The summed E-state index contributed by atoms with van der Waals surface area (Å²) in [7, 11) is 4.70. The predicted octanol–water partition coefficient (Wildman–Crippen LogP) is 2.00. The number of benzene rings is 1. The molecule has 1 aromatic heterocycles. The van der Waals surface area contributed by atoms with E-state index in [1.165, 1.54) is 0 Å². The van der Waals surface area contributed by atoms with Crippen LogP contribution in [0.3, 0.4) is 0 Å². The van der Waals surface area contributed by atoms with Crippen molar-refractivity contribution in [1.29, 1.82) is 0 Å². The first-order valence-corrected chi connectivity index (χ1v) is 11.5. The van der Waals surface area contributed by atoms with Crippen LogP contribution in [0.25, 0.3) is 11.3 Å². The normalized spacial score (nSPS) is 14.2. The average molecular weight is 475 g/mol. The number of likely N-dealkylation sites (N-methyl/N-ethyl adjacent to an activating group) is 1. The molecular weight excluding hydrogens is 440 g/mol. The van der Waals surface area contributed by atoms with Crippen molar-refractivity contribution in [2.75, 3.05) is 73.7 Å². The molecule has 2 aromatic rings. The molecule has 1 aliphatic rings. The molecule has 186 valence electrons. The molecule has 1 aliphatic heterocycles. The quantitative estimate of drug-likeness (QED) is 0.488. The van der Waals surface area contributed by atoms with Crippen LogP contribution in [0.4, 0.5) is 0 Å². The number of hydrogen-bond donors (Lipinski definition) is 0. The minimum Gasteiger partial charge on any atom is -0.497 e. The van der Waals surface area contributed by atoms with Crippen LogP contribution in [0.2, 0.25) is 0 Å². The van der Waals surface area contributed by atoms with E-state index in [1.807, 2.05) is 4.90 Å². The lowest BCUT2D eigenvalue weighted by Gasteiger charge is -2.34. The van der Waals surface area contributed by atoms with E-state index in [1.54, 1.807) is 50.5 Å². The Morgan fingerprint density at radius 3 is 2.47 bits per heavy atom. The van der Waals surface area contributed by atoms with Gasteiger partial charge in [0, 0.05) is 58.9 Å². The van der Waals surface area contributed by atoms with Gasteiger partial charge in [-0.1, -0.05) is 12.1 Å². The van der Waals surface area contributed by atoms with Crippen molar-refractivity contribution < 1.29 is 28.3 Å². The van der Waals surface area contributed by atoms with Crippen molar-refractivity contribution in [3.63, 3.8) is 0 Å². The predicted molar refractivity (Wildman–Crippen MR) is 126 cm³/mol. The number of amides is 2. The second kappa shape index (κ2) is 12.4. The number of carbonyl (C=O) groups excluding carboxylic acids is 2. The van der Waals surface area contributed by atoms with Crippen LogP contribution in [0.15, 0.2) is 28.8 Å². The fraction of sp³-hybridized carbons (Fsp3) is 0.542. The number of nitrogens with zero attached hydrogens (tertiary/aromatic N) is 4. The van der Waals surface area contributed by atoms with Gasteiger partial charge in [-0.05, 0) is 24.7 Å². The highest BCUT2D eigenvalue weighted by Gasteiger charge is 2.25. The van der Waals surface area contributed by atoms with Crippen molar-refractivity contribution >= 4 is 11.8 Å². The largest absolute Gasteiger partial charge is 0.497 e. The van der Waals surface area contributed by atoms with Gasteiger partial charge in [-0.25, -0.2) is 0 Å². The van der Waals surface area contributed by atoms with Crippen LogP contribution in [-0.2, 0) is 9.53 Å². The second-order valence-electron chi connectivity index (χ2n) is 7.99. The Hall–Kier alpha value is -3.11. The fourth-order valence-corrected chi connectivity index (χ4v) is 3.89. The van der Waals surface area contributed by atoms with Gasteiger partial charge in [0.2, 0.25) is 5.91 Å². The Morgan fingerprint density at radius 1 is 1.06 bits per heavy atom. The van der Waals surface area contributed by atoms with E-state index in [9.17, 15) is 9.59 Å². The Labute approximate surface area is 200 Å². The minimum absolute atomic E-state index is 0.0490. The number of methoxy groups -OCH3 is 3. The maximum Gasteiger partial charge on any atom is 0.276 e. The fourth-order valence-electron chi connectivity index (χ4n) is 3.89. The van der Waals surface area contributed by atoms with Crippen LogP contribution < -0.4 is 9.47 Å². The molecule has 0 spiro atoms. The monoisotopic (exact) mass is 474 g/mol. The molecule has 0 radical (unpaired) electrons. The molecule has 0 atom stereocenters. The summed E-state index contributed by atoms with van der Waals surface area (Å²) in [4.78, 5) is 31.7. The summed E-state index contributed by atoms with van der Waals surface area (Å²) in [6.07, 6.45) is 0.246. The van der Waals surface area contributed by atoms with Gasteiger partial charge in [-0.2, -0.15) is 0 Å². The average Bonchev–Trinajstić information content (AvgIpc) is 3.38. The van der Waals surface area contributed by atoms with Crippen LogP contribution in [-0.4, -0.2) is 105 Å². The minimum atomic E-state index is -0.322. The summed E-state index contributed by atoms with van der Waals surface area (Å²) < 4.78 is 21.3. The lowest BCUT2D eigenvalue weighted by molar-refractivity contribution is -0.133. The molecule has 0 bridgehead atoms. The zero-order valence-corrected chi connectivity index (χ0v) is 20.4. The first-order valence-electron chi connectivity index (χ1n) is 11.5. The highest BCUT2D eigenvalue weighted by atomic mass is 16.5. The highest BCUT2D eigenvalue weighted by molar-refractivity contribution is 5.93. The van der Waals surface area contributed by atoms with Crippen LogP contribution >= 0.6 is 0 Å². The summed E-state index contributed by atoms with van der Waals surface area (Å²) in [5.74, 6) is 1.31. The Balaban J connectivity index is 1.69. The second-order valence-corrected chi connectivity index (χ2v) is 7.99. The third kappa shape index (κ3) is 6.27. The number of ether oxygens (including phenoxy) is 3. The summed E-state index contributed by atoms with van der Waals surface area (Å²) in [5, 5.41) is 3.98. The number of carbonyl (C=O) groups is 2. The van der Waals surface area contributed by atoms with Crippen molar-refractivity contribution in [3.05, 3.63) is 30.0 Å². The first-order chi connectivity index (χ1) is 16.5. The Bertz CT molecular complexity index is 955. The maximum atomic E-state index is 13.2. The van der Waals surface area contributed by atoms with Crippen molar-refractivity contribution in [3.8, 4) is 22.8 Å². The van der Waals surface area contributed by atoms with Crippen LogP contribution in [0.1, 0.15) is 23.8 Å². The van der Waals surface area contributed by atoms with Gasteiger partial charge in [0.05, 0.1) is 26.4 Å². The molecule has 34 heavy (non-hydrogen) atoms. The Morgan fingerprint density at radius 2 is 1.82 bits per heavy atom. The van der Waals surface area contributed by atoms with Gasteiger partial charge in [0.25, 0.3) is 5.91 Å². The third-order valence-corrected chi connectivity index (χ3v) is 6.02. The van der Waals surface area contributed by atoms with Crippen LogP contribution in [0.5, 0.6) is 11.5 Å². The van der Waals surface area contributed by atoms with Crippen molar-refractivity contribution in [1.82, 2.24) is 19.9 Å². The van der Waals surface area contributed by atoms with Crippen LogP contribution in [0, 0.1) is 0 Å². The molecule has 0 aliphatic carbocycles. The van der Waals surface area contributed by atoms with Gasteiger partial charge in [0.15, 0.2) is 11.5 Å². The van der Waals surface area contributed by atoms with E-state index in [-0.39, 0.29) is 30.5 Å². The molecule has 1 aromatic carbocycles. The standard InChI is InChI=1S/C24H34N4O6/c1-5-26-10-12-27(13-11-26)23(29)8-9-28(14-15-31-2)24(30)20-17-22(34-25-20)19-16-18(32-3)6-7-21(19)33-4/h6-7,16-17H,5,8-15H2,1-4H3. The zero-order chi connectivity index (χ0) is 24.5. The summed E-state index contributed by atoms with van der Waals surface area (Å²) in [6.45, 7) is 7.27. The lowest BCUT2D eigenvalue weighted by Crippen LogP contribution is -2.49. The molecule has 1 fully saturated rings. The number of piperazine rings is 1. The molecule has 2 heterocycles. The smallest absolute Gasteiger partial charge is 0.276 e. The lowest BCUT2D eigenvalue weighted by atomic mass is 10.1. The van der Waals surface area contributed by atoms with E-state index in [2.05, 4.69) is 17.0 Å².